The molecule has 0 saturated carbocycles. The third-order valence-electron chi connectivity index (χ3n) is 3.56. The summed E-state index contributed by atoms with van der Waals surface area (Å²) in [6.45, 7) is 5.50. The van der Waals surface area contributed by atoms with Crippen LogP contribution < -0.4 is 0 Å². The Labute approximate surface area is 135 Å². The number of hydrogen-bond acceptors (Lipinski definition) is 1. The van der Waals surface area contributed by atoms with Crippen molar-refractivity contribution in [1.29, 1.82) is 0 Å². The summed E-state index contributed by atoms with van der Waals surface area (Å²) in [5.74, 6) is 6.15. The zero-order valence-electron chi connectivity index (χ0n) is 12.5. The molecule has 1 atom stereocenters. The monoisotopic (exact) mass is 342 g/mol. The molecule has 0 saturated heterocycles. The highest BCUT2D eigenvalue weighted by molar-refractivity contribution is 9.10. The van der Waals surface area contributed by atoms with E-state index in [1.807, 2.05) is 31.2 Å². The van der Waals surface area contributed by atoms with Crippen molar-refractivity contribution in [2.45, 2.75) is 26.4 Å². The molecule has 0 aliphatic heterocycles. The van der Waals surface area contributed by atoms with E-state index in [-0.39, 0.29) is 5.92 Å². The van der Waals surface area contributed by atoms with Crippen LogP contribution in [0.25, 0.3) is 11.1 Å². The predicted molar refractivity (Wildman–Crippen MR) is 91.9 cm³/mol. The average Bonchev–Trinajstić information content (AvgIpc) is 2.45. The van der Waals surface area contributed by atoms with E-state index in [2.05, 4.69) is 52.0 Å². The quantitative estimate of drug-likeness (QED) is 0.771. The van der Waals surface area contributed by atoms with Crippen LogP contribution in [0.2, 0.25) is 0 Å². The maximum absolute atomic E-state index is 9.87. The highest BCUT2D eigenvalue weighted by atomic mass is 79.9. The summed E-state index contributed by atoms with van der Waals surface area (Å²) in [4.78, 5) is 0. The second-order valence-electron chi connectivity index (χ2n) is 5.73. The maximum Gasteiger partial charge on any atom is 0.0726 e. The topological polar surface area (TPSA) is 20.2 Å². The number of aliphatic hydroxyl groups is 1. The van der Waals surface area contributed by atoms with E-state index in [1.165, 1.54) is 11.1 Å². The van der Waals surface area contributed by atoms with E-state index in [9.17, 15) is 5.11 Å². The van der Waals surface area contributed by atoms with Gasteiger partial charge in [-0.05, 0) is 56.2 Å². The number of halogens is 1. The number of hydrogen-bond donors (Lipinski definition) is 1. The van der Waals surface area contributed by atoms with Gasteiger partial charge in [0.2, 0.25) is 0 Å². The molecule has 2 heteroatoms. The van der Waals surface area contributed by atoms with Gasteiger partial charge < -0.3 is 5.11 Å². The molecular formula is C19H19BrO. The molecule has 1 unspecified atom stereocenters. The van der Waals surface area contributed by atoms with Crippen molar-refractivity contribution in [3.63, 3.8) is 0 Å². The lowest BCUT2D eigenvalue weighted by Gasteiger charge is -2.20. The van der Waals surface area contributed by atoms with Crippen LogP contribution in [0, 0.1) is 17.8 Å². The maximum atomic E-state index is 9.87. The Balaban J connectivity index is 2.16. The lowest BCUT2D eigenvalue weighted by molar-refractivity contribution is 0.0477. The lowest BCUT2D eigenvalue weighted by atomic mass is 9.93. The Morgan fingerprint density at radius 3 is 1.90 bits per heavy atom. The van der Waals surface area contributed by atoms with Crippen molar-refractivity contribution >= 4 is 15.9 Å². The summed E-state index contributed by atoms with van der Waals surface area (Å²) in [5.41, 5.74) is 2.54. The highest BCUT2D eigenvalue weighted by Crippen LogP contribution is 2.22. The largest absolute Gasteiger partial charge is 0.389 e. The molecule has 108 valence electrons. The van der Waals surface area contributed by atoms with Gasteiger partial charge in [0.15, 0.2) is 0 Å². The smallest absolute Gasteiger partial charge is 0.0726 e. The average molecular weight is 343 g/mol. The minimum Gasteiger partial charge on any atom is -0.389 e. The molecular weight excluding hydrogens is 324 g/mol. The van der Waals surface area contributed by atoms with Gasteiger partial charge >= 0.3 is 0 Å². The van der Waals surface area contributed by atoms with Gasteiger partial charge in [-0.15, -0.1) is 0 Å². The summed E-state index contributed by atoms with van der Waals surface area (Å²) in [7, 11) is 0. The molecule has 2 aromatic rings. The van der Waals surface area contributed by atoms with Crippen LogP contribution in [0.4, 0.5) is 0 Å². The van der Waals surface area contributed by atoms with Gasteiger partial charge in [0.1, 0.15) is 0 Å². The third-order valence-corrected chi connectivity index (χ3v) is 4.08. The minimum absolute atomic E-state index is 0.0661. The summed E-state index contributed by atoms with van der Waals surface area (Å²) in [5, 5.41) is 9.87. The first-order valence-electron chi connectivity index (χ1n) is 6.96. The van der Waals surface area contributed by atoms with Crippen molar-refractivity contribution in [3.05, 3.63) is 58.6 Å². The Bertz CT molecular complexity index is 652. The highest BCUT2D eigenvalue weighted by Gasteiger charge is 2.19. The molecule has 0 bridgehead atoms. The molecule has 1 nitrogen and oxygen atoms in total. The summed E-state index contributed by atoms with van der Waals surface area (Å²) in [6.07, 6.45) is 0. The summed E-state index contributed by atoms with van der Waals surface area (Å²) >= 11 is 3.44. The molecule has 0 heterocycles. The number of rotatable bonds is 2. The zero-order chi connectivity index (χ0) is 15.5. The van der Waals surface area contributed by atoms with Crippen molar-refractivity contribution in [2.24, 2.45) is 5.92 Å². The molecule has 0 radical (unpaired) electrons. The van der Waals surface area contributed by atoms with Crippen LogP contribution in [0.3, 0.4) is 0 Å². The molecule has 1 N–H and O–H groups in total. The van der Waals surface area contributed by atoms with Gasteiger partial charge in [-0.3, -0.25) is 0 Å². The molecule has 0 amide bonds. The van der Waals surface area contributed by atoms with Crippen LogP contribution >= 0.6 is 15.9 Å². The van der Waals surface area contributed by atoms with Crippen LogP contribution in [0.15, 0.2) is 53.0 Å². The van der Waals surface area contributed by atoms with Crippen molar-refractivity contribution < 1.29 is 5.11 Å². The van der Waals surface area contributed by atoms with Crippen LogP contribution in [0.5, 0.6) is 0 Å². The Kier molecular flexibility index (Phi) is 4.88. The summed E-state index contributed by atoms with van der Waals surface area (Å²) in [6, 6.07) is 16.4. The normalized spacial score (nSPS) is 12.4. The third kappa shape index (κ3) is 4.46. The molecule has 2 aromatic carbocycles. The first kappa shape index (κ1) is 15.8. The minimum atomic E-state index is -0.773. The van der Waals surface area contributed by atoms with Crippen molar-refractivity contribution in [3.8, 4) is 23.0 Å². The van der Waals surface area contributed by atoms with Gasteiger partial charge in [0.25, 0.3) is 0 Å². The molecule has 0 fully saturated rings. The van der Waals surface area contributed by atoms with Gasteiger partial charge in [-0.1, -0.05) is 52.0 Å². The fourth-order valence-electron chi connectivity index (χ4n) is 1.76. The fourth-order valence-corrected chi connectivity index (χ4v) is 2.02. The van der Waals surface area contributed by atoms with Gasteiger partial charge in [-0.2, -0.15) is 0 Å². The van der Waals surface area contributed by atoms with Gasteiger partial charge in [-0.25, -0.2) is 0 Å². The standard InChI is InChI=1S/C19H19BrO/c1-14(19(2,3)21)4-5-15-6-8-16(9-7-15)17-10-12-18(20)13-11-17/h6-14,21H,1-3H3. The zero-order valence-corrected chi connectivity index (χ0v) is 14.1. The molecule has 0 aliphatic rings. The van der Waals surface area contributed by atoms with E-state index < -0.39 is 5.60 Å². The van der Waals surface area contributed by atoms with E-state index >= 15 is 0 Å². The first-order valence-corrected chi connectivity index (χ1v) is 7.75. The molecule has 0 aliphatic carbocycles. The van der Waals surface area contributed by atoms with E-state index in [0.717, 1.165) is 10.0 Å². The second-order valence-corrected chi connectivity index (χ2v) is 6.64. The van der Waals surface area contributed by atoms with Crippen LogP contribution in [0.1, 0.15) is 26.3 Å². The van der Waals surface area contributed by atoms with E-state index in [0.29, 0.717) is 0 Å². The van der Waals surface area contributed by atoms with Gasteiger partial charge in [0.05, 0.1) is 5.60 Å². The van der Waals surface area contributed by atoms with Gasteiger partial charge in [0, 0.05) is 16.0 Å². The first-order chi connectivity index (χ1) is 9.86. The van der Waals surface area contributed by atoms with E-state index in [4.69, 9.17) is 0 Å². The van der Waals surface area contributed by atoms with Crippen molar-refractivity contribution in [2.75, 3.05) is 0 Å². The SMILES string of the molecule is CC(C#Cc1ccc(-c2ccc(Br)cc2)cc1)C(C)(C)O. The molecule has 21 heavy (non-hydrogen) atoms. The molecule has 0 spiro atoms. The Morgan fingerprint density at radius 2 is 1.43 bits per heavy atom. The summed E-state index contributed by atoms with van der Waals surface area (Å²) < 4.78 is 1.08. The number of benzene rings is 2. The lowest BCUT2D eigenvalue weighted by Crippen LogP contribution is -2.27. The Hall–Kier alpha value is -1.56. The fraction of sp³-hybridized carbons (Fsp3) is 0.263. The Morgan fingerprint density at radius 1 is 0.952 bits per heavy atom. The van der Waals surface area contributed by atoms with Crippen LogP contribution in [-0.2, 0) is 0 Å². The predicted octanol–water partition coefficient (Wildman–Crippen LogP) is 4.87. The van der Waals surface area contributed by atoms with Crippen molar-refractivity contribution in [1.82, 2.24) is 0 Å². The second kappa shape index (κ2) is 6.47. The molecule has 0 aromatic heterocycles. The van der Waals surface area contributed by atoms with E-state index in [1.54, 1.807) is 13.8 Å². The van der Waals surface area contributed by atoms with Crippen LogP contribution in [-0.4, -0.2) is 10.7 Å². The molecule has 2 rings (SSSR count).